The molecule has 0 spiro atoms. The minimum atomic E-state index is -0.826. The molecule has 0 saturated carbocycles. The number of unbranched alkanes of at least 4 members (excludes halogenated alkanes) is 1. The summed E-state index contributed by atoms with van der Waals surface area (Å²) in [6.07, 6.45) is 1.48. The molecule has 0 aliphatic heterocycles. The molecule has 17 nitrogen and oxygen atoms in total. The largest absolute Gasteiger partial charge is 0.467 e. The third kappa shape index (κ3) is 26.8. The van der Waals surface area contributed by atoms with E-state index < -0.39 is 17.9 Å². The van der Waals surface area contributed by atoms with E-state index in [2.05, 4.69) is 25.7 Å². The summed E-state index contributed by atoms with van der Waals surface area (Å²) >= 11 is 0. The van der Waals surface area contributed by atoms with E-state index in [4.69, 9.17) is 44.1 Å². The van der Waals surface area contributed by atoms with Crippen molar-refractivity contribution in [3.63, 3.8) is 0 Å². The van der Waals surface area contributed by atoms with Crippen molar-refractivity contribution in [2.24, 2.45) is 10.1 Å². The lowest BCUT2D eigenvalue weighted by atomic mass is 10.1. The Bertz CT molecular complexity index is 793. The summed E-state index contributed by atoms with van der Waals surface area (Å²) in [5, 5.41) is 16.9. The van der Waals surface area contributed by atoms with Gasteiger partial charge in [-0.25, -0.2) is 4.79 Å². The van der Waals surface area contributed by atoms with Gasteiger partial charge in [0.15, 0.2) is 0 Å². The second kappa shape index (κ2) is 29.8. The van der Waals surface area contributed by atoms with Crippen LogP contribution in [0.1, 0.15) is 19.3 Å². The summed E-state index contributed by atoms with van der Waals surface area (Å²) in [4.78, 5) is 42.1. The molecule has 0 aromatic carbocycles. The number of aliphatic imine (C=N–C) groups is 1. The number of amides is 2. The van der Waals surface area contributed by atoms with Crippen LogP contribution in [0.2, 0.25) is 0 Å². The molecule has 17 heteroatoms. The van der Waals surface area contributed by atoms with Gasteiger partial charge in [-0.05, 0) is 31.3 Å². The number of ether oxygens (including phenoxy) is 7. The molecule has 0 aromatic rings. The van der Waals surface area contributed by atoms with Crippen molar-refractivity contribution in [1.82, 2.24) is 10.6 Å². The Morgan fingerprint density at radius 2 is 1.32 bits per heavy atom. The molecule has 2 amide bonds. The molecule has 1 unspecified atom stereocenters. The average Bonchev–Trinajstić information content (AvgIpc) is 2.97. The Labute approximate surface area is 239 Å². The van der Waals surface area contributed by atoms with Gasteiger partial charge < -0.3 is 54.2 Å². The van der Waals surface area contributed by atoms with Gasteiger partial charge in [0, 0.05) is 24.6 Å². The van der Waals surface area contributed by atoms with Gasteiger partial charge in [-0.15, -0.1) is 0 Å². The minimum absolute atomic E-state index is 0.106. The summed E-state index contributed by atoms with van der Waals surface area (Å²) < 4.78 is 36.2. The first-order valence-corrected chi connectivity index (χ1v) is 13.2. The number of nitrogens with zero attached hydrogens (tertiary/aromatic N) is 5. The highest BCUT2D eigenvalue weighted by molar-refractivity contribution is 5.85. The molecule has 0 heterocycles. The Hall–Kier alpha value is -3.14. The molecule has 0 fully saturated rings. The molecule has 0 rings (SSSR count). The SMILES string of the molecule is COC(=O)C(CCCCNC(=O)COCCOCCOCCN=[N+]=[N-])NC(=O)COCCOCCOCCN=C=[N-]. The maximum atomic E-state index is 12.1. The molecule has 0 aromatic heterocycles. The zero-order valence-corrected chi connectivity index (χ0v) is 23.6. The van der Waals surface area contributed by atoms with Gasteiger partial charge in [-0.3, -0.25) is 9.59 Å². The predicted octanol–water partition coefficient (Wildman–Crippen LogP) is 0.0839. The number of azide groups is 1. The van der Waals surface area contributed by atoms with Crippen LogP contribution in [-0.2, 0) is 47.5 Å². The number of carbonyl (C=O) groups is 3. The number of esters is 1. The fourth-order valence-corrected chi connectivity index (χ4v) is 2.90. The molecule has 0 saturated heterocycles. The summed E-state index contributed by atoms with van der Waals surface area (Å²) in [7, 11) is 1.24. The number of methoxy groups -OCH3 is 1. The summed E-state index contributed by atoms with van der Waals surface area (Å²) in [5.74, 6) is -1.30. The van der Waals surface area contributed by atoms with Gasteiger partial charge in [-0.1, -0.05) is 5.11 Å². The van der Waals surface area contributed by atoms with E-state index in [0.717, 1.165) is 0 Å². The van der Waals surface area contributed by atoms with Crippen LogP contribution in [0.5, 0.6) is 0 Å². The van der Waals surface area contributed by atoms with Gasteiger partial charge in [0.25, 0.3) is 0 Å². The van der Waals surface area contributed by atoms with Crippen molar-refractivity contribution in [1.29, 1.82) is 0 Å². The van der Waals surface area contributed by atoms with E-state index in [1.807, 2.05) is 0 Å². The third-order valence-electron chi connectivity index (χ3n) is 4.83. The molecule has 2 N–H and O–H groups in total. The van der Waals surface area contributed by atoms with Crippen molar-refractivity contribution < 1.29 is 47.5 Å². The standard InChI is InChI=1S/C24H42N7O10/c1-35-24(34)21(30-23(33)19-41-17-15-38-12-10-36-8-6-27-20-25)4-2-3-5-28-22(32)18-40-16-14-39-13-11-37-9-7-29-31-26/h21H,2-19H2,1H3,(H,28,32)(H,30,33)/q-1. The summed E-state index contributed by atoms with van der Waals surface area (Å²) in [6, 6.07) is 0.841. The van der Waals surface area contributed by atoms with E-state index in [1.54, 1.807) is 6.01 Å². The quantitative estimate of drug-likeness (QED) is 0.0299. The Morgan fingerprint density at radius 3 is 1.88 bits per heavy atom. The topological polar surface area (TPSA) is 223 Å². The van der Waals surface area contributed by atoms with Crippen LogP contribution >= 0.6 is 0 Å². The normalized spacial score (nSPS) is 11.1. The minimum Gasteiger partial charge on any atom is -0.467 e. The highest BCUT2D eigenvalue weighted by Gasteiger charge is 2.21. The lowest BCUT2D eigenvalue weighted by Crippen LogP contribution is -2.43. The van der Waals surface area contributed by atoms with Crippen molar-refractivity contribution in [3.8, 4) is 0 Å². The average molecular weight is 589 g/mol. The van der Waals surface area contributed by atoms with E-state index in [0.29, 0.717) is 78.6 Å². The Balaban J connectivity index is 3.79. The van der Waals surface area contributed by atoms with Gasteiger partial charge in [0.05, 0.1) is 66.6 Å². The van der Waals surface area contributed by atoms with Crippen LogP contribution < -0.4 is 10.6 Å². The number of hydrogen-bond acceptors (Lipinski definition) is 12. The van der Waals surface area contributed by atoms with Crippen LogP contribution in [0, 0.1) is 0 Å². The van der Waals surface area contributed by atoms with Crippen LogP contribution in [0.3, 0.4) is 0 Å². The molecule has 234 valence electrons. The monoisotopic (exact) mass is 588 g/mol. The molecule has 0 aliphatic carbocycles. The van der Waals surface area contributed by atoms with E-state index in [1.165, 1.54) is 7.11 Å². The summed E-state index contributed by atoms with van der Waals surface area (Å²) in [5.41, 5.74) is 8.13. The highest BCUT2D eigenvalue weighted by atomic mass is 16.6. The van der Waals surface area contributed by atoms with Crippen molar-refractivity contribution in [3.05, 3.63) is 15.9 Å². The maximum Gasteiger partial charge on any atom is 0.328 e. The fraction of sp³-hybridized carbons (Fsp3) is 0.833. The highest BCUT2D eigenvalue weighted by Crippen LogP contribution is 2.03. The predicted molar refractivity (Wildman–Crippen MR) is 145 cm³/mol. The van der Waals surface area contributed by atoms with Crippen LogP contribution in [0.25, 0.3) is 15.9 Å². The van der Waals surface area contributed by atoms with Gasteiger partial charge in [0.2, 0.25) is 11.8 Å². The van der Waals surface area contributed by atoms with E-state index >= 15 is 0 Å². The lowest BCUT2D eigenvalue weighted by Gasteiger charge is -2.16. The van der Waals surface area contributed by atoms with Crippen molar-refractivity contribution >= 4 is 23.8 Å². The second-order valence-electron chi connectivity index (χ2n) is 7.98. The van der Waals surface area contributed by atoms with Crippen LogP contribution in [0.15, 0.2) is 10.1 Å². The Kier molecular flexibility index (Phi) is 27.5. The van der Waals surface area contributed by atoms with E-state index in [9.17, 15) is 14.4 Å². The molecule has 41 heavy (non-hydrogen) atoms. The number of carbonyl (C=O) groups excluding carboxylic acids is 3. The van der Waals surface area contributed by atoms with E-state index in [-0.39, 0.29) is 45.5 Å². The first-order chi connectivity index (χ1) is 20.0. The maximum absolute atomic E-state index is 12.1. The smallest absolute Gasteiger partial charge is 0.328 e. The Morgan fingerprint density at radius 1 is 0.780 bits per heavy atom. The van der Waals surface area contributed by atoms with Crippen molar-refractivity contribution in [2.45, 2.75) is 25.3 Å². The van der Waals surface area contributed by atoms with Crippen molar-refractivity contribution in [2.75, 3.05) is 106 Å². The van der Waals surface area contributed by atoms with Gasteiger partial charge in [-0.2, -0.15) is 6.01 Å². The van der Waals surface area contributed by atoms with Gasteiger partial charge in [0.1, 0.15) is 19.3 Å². The second-order valence-corrected chi connectivity index (χ2v) is 7.98. The number of hydrogen-bond donors (Lipinski definition) is 2. The number of rotatable bonds is 29. The molecule has 1 atom stereocenters. The molecule has 0 radical (unpaired) electrons. The molecule has 0 aliphatic rings. The molecular weight excluding hydrogens is 546 g/mol. The lowest BCUT2D eigenvalue weighted by molar-refractivity contribution is -0.146. The number of nitrogens with one attached hydrogen (secondary N) is 2. The zero-order valence-electron chi connectivity index (χ0n) is 23.6. The summed E-state index contributed by atoms with van der Waals surface area (Å²) in [6.45, 7) is 3.74. The first-order valence-electron chi connectivity index (χ1n) is 13.2. The fourth-order valence-electron chi connectivity index (χ4n) is 2.90. The van der Waals surface area contributed by atoms with Crippen LogP contribution in [0.4, 0.5) is 0 Å². The molecule has 0 bridgehead atoms. The third-order valence-corrected chi connectivity index (χ3v) is 4.83. The van der Waals surface area contributed by atoms with Crippen LogP contribution in [-0.4, -0.2) is 136 Å². The molecular formula is C24H42N7O10-. The zero-order chi connectivity index (χ0) is 30.2. The van der Waals surface area contributed by atoms with Gasteiger partial charge >= 0.3 is 5.97 Å². The first kappa shape index (κ1) is 37.9.